The Morgan fingerprint density at radius 2 is 1.79 bits per heavy atom. The molecule has 1 N–H and O–H groups in total. The second kappa shape index (κ2) is 4.65. The Morgan fingerprint density at radius 1 is 1.16 bits per heavy atom. The van der Waals surface area contributed by atoms with E-state index in [-0.39, 0.29) is 6.09 Å². The number of carbonyl (C=O) groups excluding carboxylic acids is 1. The number of piperazine rings is 1. The minimum atomic E-state index is -0.398. The molecule has 19 heavy (non-hydrogen) atoms. The maximum atomic E-state index is 12.4. The van der Waals surface area contributed by atoms with E-state index in [1.54, 1.807) is 0 Å². The van der Waals surface area contributed by atoms with Gasteiger partial charge in [0, 0.05) is 19.1 Å². The molecular formula is C15H26N2O2. The number of nitrogens with zero attached hydrogens (tertiary/aromatic N) is 1. The van der Waals surface area contributed by atoms with Crippen LogP contribution in [0.1, 0.15) is 46.5 Å². The van der Waals surface area contributed by atoms with Gasteiger partial charge in [-0.3, -0.25) is 0 Å². The Hall–Kier alpha value is -0.770. The maximum Gasteiger partial charge on any atom is 0.410 e. The lowest BCUT2D eigenvalue weighted by Gasteiger charge is -2.41. The molecule has 1 aliphatic heterocycles. The van der Waals surface area contributed by atoms with Crippen LogP contribution in [-0.2, 0) is 4.74 Å². The predicted octanol–water partition coefficient (Wildman–Crippen LogP) is 2.38. The summed E-state index contributed by atoms with van der Waals surface area (Å²) in [7, 11) is 0. The highest BCUT2D eigenvalue weighted by Crippen LogP contribution is 2.40. The molecule has 0 aromatic rings. The summed E-state index contributed by atoms with van der Waals surface area (Å²) < 4.78 is 5.59. The third-order valence-corrected chi connectivity index (χ3v) is 4.37. The first-order valence-electron chi connectivity index (χ1n) is 7.67. The van der Waals surface area contributed by atoms with Gasteiger partial charge in [-0.2, -0.15) is 0 Å². The lowest BCUT2D eigenvalue weighted by atomic mass is 10.0. The quantitative estimate of drug-likeness (QED) is 0.834. The van der Waals surface area contributed by atoms with Crippen molar-refractivity contribution in [2.75, 3.05) is 13.1 Å². The van der Waals surface area contributed by atoms with Gasteiger partial charge in [-0.05, 0) is 58.3 Å². The lowest BCUT2D eigenvalue weighted by molar-refractivity contribution is 0.00348. The van der Waals surface area contributed by atoms with Gasteiger partial charge >= 0.3 is 6.09 Å². The normalized spacial score (nSPS) is 32.3. The van der Waals surface area contributed by atoms with Crippen LogP contribution >= 0.6 is 0 Å². The van der Waals surface area contributed by atoms with Gasteiger partial charge in [-0.15, -0.1) is 0 Å². The van der Waals surface area contributed by atoms with Gasteiger partial charge in [0.05, 0.1) is 6.04 Å². The van der Waals surface area contributed by atoms with Gasteiger partial charge in [0.15, 0.2) is 0 Å². The SMILES string of the molecule is CC(C)(C)OC(=O)N1C[C@@H](C2CC2)NC[C@@H]1C1CC1. The molecule has 3 rings (SSSR count). The zero-order chi connectivity index (χ0) is 13.6. The van der Waals surface area contributed by atoms with Crippen molar-refractivity contribution in [3.63, 3.8) is 0 Å². The summed E-state index contributed by atoms with van der Waals surface area (Å²) in [5.41, 5.74) is -0.398. The molecule has 108 valence electrons. The van der Waals surface area contributed by atoms with Crippen molar-refractivity contribution in [2.45, 2.75) is 64.1 Å². The maximum absolute atomic E-state index is 12.4. The molecule has 1 saturated heterocycles. The Kier molecular flexibility index (Phi) is 3.24. The number of hydrogen-bond acceptors (Lipinski definition) is 3. The monoisotopic (exact) mass is 266 g/mol. The first kappa shape index (κ1) is 13.2. The Balaban J connectivity index is 1.67. The van der Waals surface area contributed by atoms with Crippen LogP contribution in [0.2, 0.25) is 0 Å². The number of ether oxygens (including phenoxy) is 1. The largest absolute Gasteiger partial charge is 0.444 e. The first-order chi connectivity index (χ1) is 8.94. The number of nitrogens with one attached hydrogen (secondary N) is 1. The van der Waals surface area contributed by atoms with Crippen LogP contribution in [0.25, 0.3) is 0 Å². The fourth-order valence-corrected chi connectivity index (χ4v) is 3.04. The summed E-state index contributed by atoms with van der Waals surface area (Å²) in [6, 6.07) is 0.840. The minimum absolute atomic E-state index is 0.114. The van der Waals surface area contributed by atoms with Gasteiger partial charge in [0.25, 0.3) is 0 Å². The summed E-state index contributed by atoms with van der Waals surface area (Å²) >= 11 is 0. The van der Waals surface area contributed by atoms with Crippen molar-refractivity contribution in [3.05, 3.63) is 0 Å². The predicted molar refractivity (Wildman–Crippen MR) is 74.0 cm³/mol. The average molecular weight is 266 g/mol. The molecule has 4 nitrogen and oxygen atoms in total. The molecular weight excluding hydrogens is 240 g/mol. The first-order valence-corrected chi connectivity index (χ1v) is 7.67. The average Bonchev–Trinajstić information content (AvgIpc) is 3.16. The van der Waals surface area contributed by atoms with E-state index in [4.69, 9.17) is 4.74 Å². The van der Waals surface area contributed by atoms with Crippen molar-refractivity contribution in [2.24, 2.45) is 11.8 Å². The van der Waals surface area contributed by atoms with E-state index in [1.165, 1.54) is 25.7 Å². The van der Waals surface area contributed by atoms with Crippen LogP contribution in [0.15, 0.2) is 0 Å². The molecule has 0 unspecified atom stereocenters. The van der Waals surface area contributed by atoms with Crippen LogP contribution < -0.4 is 5.32 Å². The third kappa shape index (κ3) is 3.22. The zero-order valence-electron chi connectivity index (χ0n) is 12.3. The molecule has 4 heteroatoms. The molecule has 0 spiro atoms. The van der Waals surface area contributed by atoms with Crippen LogP contribution in [-0.4, -0.2) is 41.8 Å². The van der Waals surface area contributed by atoms with Crippen LogP contribution in [0.5, 0.6) is 0 Å². The minimum Gasteiger partial charge on any atom is -0.444 e. The summed E-state index contributed by atoms with van der Waals surface area (Å²) in [5.74, 6) is 1.48. The van der Waals surface area contributed by atoms with E-state index < -0.39 is 5.60 Å². The number of amides is 1. The molecule has 2 aliphatic carbocycles. The summed E-state index contributed by atoms with van der Waals surface area (Å²) in [4.78, 5) is 14.4. The molecule has 1 amide bonds. The molecule has 1 heterocycles. The lowest BCUT2D eigenvalue weighted by Crippen LogP contribution is -2.60. The highest BCUT2D eigenvalue weighted by molar-refractivity contribution is 5.69. The molecule has 0 aromatic heterocycles. The van der Waals surface area contributed by atoms with E-state index in [0.717, 1.165) is 19.0 Å². The van der Waals surface area contributed by atoms with E-state index in [2.05, 4.69) is 5.32 Å². The third-order valence-electron chi connectivity index (χ3n) is 4.37. The van der Waals surface area contributed by atoms with E-state index >= 15 is 0 Å². The summed E-state index contributed by atoms with van der Waals surface area (Å²) in [5, 5.41) is 3.65. The van der Waals surface area contributed by atoms with Crippen molar-refractivity contribution in [1.29, 1.82) is 0 Å². The number of rotatable bonds is 2. The fraction of sp³-hybridized carbons (Fsp3) is 0.933. The Morgan fingerprint density at radius 3 is 2.32 bits per heavy atom. The van der Waals surface area contributed by atoms with Crippen LogP contribution in [0, 0.1) is 11.8 Å². The van der Waals surface area contributed by atoms with Crippen molar-refractivity contribution in [1.82, 2.24) is 10.2 Å². The molecule has 3 aliphatic rings. The van der Waals surface area contributed by atoms with Gasteiger partial charge < -0.3 is 15.0 Å². The standard InChI is InChI=1S/C15H26N2O2/c1-15(2,3)19-14(18)17-9-12(10-4-5-10)16-8-13(17)11-6-7-11/h10-13,16H,4-9H2,1-3H3/t12-,13+/m0/s1. The molecule has 2 saturated carbocycles. The second-order valence-electron chi connectivity index (χ2n) is 7.39. The second-order valence-corrected chi connectivity index (χ2v) is 7.39. The molecule has 0 aromatic carbocycles. The number of carbonyl (C=O) groups is 1. The molecule has 2 atom stereocenters. The van der Waals surface area contributed by atoms with Gasteiger partial charge in [0.2, 0.25) is 0 Å². The van der Waals surface area contributed by atoms with Crippen molar-refractivity contribution in [3.8, 4) is 0 Å². The Labute approximate surface area is 115 Å². The molecule has 0 radical (unpaired) electrons. The van der Waals surface area contributed by atoms with Gasteiger partial charge in [-0.1, -0.05) is 0 Å². The van der Waals surface area contributed by atoms with Crippen LogP contribution in [0.4, 0.5) is 4.79 Å². The number of hydrogen-bond donors (Lipinski definition) is 1. The molecule has 3 fully saturated rings. The summed E-state index contributed by atoms with van der Waals surface area (Å²) in [6.45, 7) is 7.61. The van der Waals surface area contributed by atoms with E-state index in [9.17, 15) is 4.79 Å². The van der Waals surface area contributed by atoms with E-state index in [0.29, 0.717) is 18.0 Å². The summed E-state index contributed by atoms with van der Waals surface area (Å²) in [6.07, 6.45) is 5.04. The fourth-order valence-electron chi connectivity index (χ4n) is 3.04. The van der Waals surface area contributed by atoms with Crippen molar-refractivity contribution < 1.29 is 9.53 Å². The highest BCUT2D eigenvalue weighted by atomic mass is 16.6. The van der Waals surface area contributed by atoms with Gasteiger partial charge in [-0.25, -0.2) is 4.79 Å². The van der Waals surface area contributed by atoms with Crippen LogP contribution in [0.3, 0.4) is 0 Å². The van der Waals surface area contributed by atoms with Crippen molar-refractivity contribution >= 4 is 6.09 Å². The van der Waals surface area contributed by atoms with Gasteiger partial charge in [0.1, 0.15) is 5.60 Å². The Bertz CT molecular complexity index is 356. The highest BCUT2D eigenvalue weighted by Gasteiger charge is 2.45. The topological polar surface area (TPSA) is 41.6 Å². The zero-order valence-corrected chi connectivity index (χ0v) is 12.3. The smallest absolute Gasteiger partial charge is 0.410 e. The molecule has 0 bridgehead atoms. The van der Waals surface area contributed by atoms with E-state index in [1.807, 2.05) is 25.7 Å².